The van der Waals surface area contributed by atoms with Gasteiger partial charge in [-0.3, -0.25) is 14.5 Å². The molecule has 0 saturated carbocycles. The highest BCUT2D eigenvalue weighted by Gasteiger charge is 2.49. The van der Waals surface area contributed by atoms with Crippen molar-refractivity contribution in [3.63, 3.8) is 0 Å². The first kappa shape index (κ1) is 28.1. The number of nitrogens with zero attached hydrogens (tertiary/aromatic N) is 2. The molecule has 1 saturated heterocycles. The van der Waals surface area contributed by atoms with Crippen molar-refractivity contribution in [1.29, 1.82) is 0 Å². The van der Waals surface area contributed by atoms with Crippen LogP contribution in [0.1, 0.15) is 60.4 Å². The molecule has 0 aliphatic carbocycles. The van der Waals surface area contributed by atoms with Gasteiger partial charge in [-0.05, 0) is 60.0 Å². The fraction of sp³-hybridized carbons (Fsp3) is 0.481. The van der Waals surface area contributed by atoms with E-state index in [4.69, 9.17) is 0 Å². The van der Waals surface area contributed by atoms with Crippen LogP contribution in [0.4, 0.5) is 13.2 Å². The molecular weight excluding hydrogens is 521 g/mol. The largest absolute Gasteiger partial charge is 0.534 e. The van der Waals surface area contributed by atoms with E-state index < -0.39 is 21.0 Å². The average Bonchev–Trinajstić information content (AvgIpc) is 3.09. The number of piperidine rings is 1. The molecule has 0 spiro atoms. The third-order valence-corrected chi connectivity index (χ3v) is 8.90. The Morgan fingerprint density at radius 3 is 2.18 bits per heavy atom. The van der Waals surface area contributed by atoms with Crippen molar-refractivity contribution in [2.75, 3.05) is 19.6 Å². The molecule has 2 amide bonds. The fourth-order valence-electron chi connectivity index (χ4n) is 5.35. The predicted octanol–water partition coefficient (Wildman–Crippen LogP) is 4.84. The van der Waals surface area contributed by atoms with Gasteiger partial charge in [0.1, 0.15) is 5.75 Å². The van der Waals surface area contributed by atoms with Gasteiger partial charge in [-0.15, -0.1) is 0 Å². The lowest BCUT2D eigenvalue weighted by Gasteiger charge is -2.46. The zero-order valence-electron chi connectivity index (χ0n) is 21.7. The molecule has 2 aromatic rings. The number of alkyl halides is 3. The minimum absolute atomic E-state index is 0.0187. The lowest BCUT2D eigenvalue weighted by molar-refractivity contribution is -0.0500. The van der Waals surface area contributed by atoms with Crippen LogP contribution in [0.3, 0.4) is 0 Å². The Morgan fingerprint density at radius 1 is 1.05 bits per heavy atom. The molecule has 206 valence electrons. The summed E-state index contributed by atoms with van der Waals surface area (Å²) in [5.74, 6) is -0.915. The summed E-state index contributed by atoms with van der Waals surface area (Å²) in [6.07, 6.45) is 0.635. The maximum absolute atomic E-state index is 13.1. The predicted molar refractivity (Wildman–Crippen MR) is 135 cm³/mol. The van der Waals surface area contributed by atoms with Crippen molar-refractivity contribution in [2.24, 2.45) is 11.8 Å². The van der Waals surface area contributed by atoms with Crippen molar-refractivity contribution >= 4 is 21.9 Å². The number of amides is 2. The normalized spacial score (nSPS) is 23.6. The SMILES string of the molecule is CC(C)[C@@H](CN1CC[C@@](C)(c2cccc(OS(=O)(=O)C(F)(F)F)c2)[C@@H](C)C1)N1C(=O)c2ccccc2C1=O. The van der Waals surface area contributed by atoms with Gasteiger partial charge in [0.2, 0.25) is 0 Å². The summed E-state index contributed by atoms with van der Waals surface area (Å²) < 4.78 is 65.7. The summed E-state index contributed by atoms with van der Waals surface area (Å²) >= 11 is 0. The topological polar surface area (TPSA) is 84.0 Å². The van der Waals surface area contributed by atoms with Crippen LogP contribution >= 0.6 is 0 Å². The molecule has 38 heavy (non-hydrogen) atoms. The van der Waals surface area contributed by atoms with Crippen LogP contribution < -0.4 is 4.18 Å². The second kappa shape index (κ2) is 10.00. The highest BCUT2D eigenvalue weighted by atomic mass is 32.2. The van der Waals surface area contributed by atoms with Crippen molar-refractivity contribution in [2.45, 2.75) is 51.1 Å². The van der Waals surface area contributed by atoms with E-state index in [0.717, 1.165) is 0 Å². The zero-order chi connectivity index (χ0) is 28.0. The lowest BCUT2D eigenvalue weighted by atomic mass is 9.68. The molecule has 0 aromatic heterocycles. The van der Waals surface area contributed by atoms with E-state index in [2.05, 4.69) is 9.08 Å². The molecule has 0 N–H and O–H groups in total. The standard InChI is InChI=1S/C27H31F3N2O5S/c1-17(2)23(32-24(33)21-10-5-6-11-22(21)25(32)34)16-31-13-12-26(4,18(3)15-31)19-8-7-9-20(14-19)37-38(35,36)27(28,29)30/h5-11,14,17-18,23H,12-13,15-16H2,1-4H3/t18-,23+,26+/m0/s1. The molecule has 2 aromatic carbocycles. The van der Waals surface area contributed by atoms with Gasteiger partial charge in [-0.1, -0.05) is 52.0 Å². The molecule has 2 heterocycles. The molecule has 7 nitrogen and oxygen atoms in total. The molecule has 4 rings (SSSR count). The van der Waals surface area contributed by atoms with E-state index in [1.807, 2.05) is 27.7 Å². The molecule has 2 aliphatic heterocycles. The first-order chi connectivity index (χ1) is 17.7. The molecule has 3 atom stereocenters. The van der Waals surface area contributed by atoms with Gasteiger partial charge >= 0.3 is 15.6 Å². The Morgan fingerprint density at radius 2 is 1.66 bits per heavy atom. The Kier molecular flexibility index (Phi) is 7.39. The van der Waals surface area contributed by atoms with E-state index in [0.29, 0.717) is 42.7 Å². The first-order valence-electron chi connectivity index (χ1n) is 12.5. The summed E-state index contributed by atoms with van der Waals surface area (Å²) in [6.45, 7) is 9.72. The highest BCUT2D eigenvalue weighted by Crippen LogP contribution is 2.41. The number of likely N-dealkylation sites (tertiary alicyclic amines) is 1. The maximum Gasteiger partial charge on any atom is 0.534 e. The van der Waals surface area contributed by atoms with Crippen molar-refractivity contribution in [3.05, 3.63) is 65.2 Å². The van der Waals surface area contributed by atoms with Crippen LogP contribution in [0.15, 0.2) is 48.5 Å². The minimum atomic E-state index is -5.77. The summed E-state index contributed by atoms with van der Waals surface area (Å²) in [4.78, 5) is 29.8. The van der Waals surface area contributed by atoms with Crippen molar-refractivity contribution in [3.8, 4) is 5.75 Å². The Labute approximate surface area is 220 Å². The van der Waals surface area contributed by atoms with Gasteiger partial charge in [0.15, 0.2) is 0 Å². The van der Waals surface area contributed by atoms with Crippen LogP contribution in [0.25, 0.3) is 0 Å². The number of hydrogen-bond acceptors (Lipinski definition) is 6. The monoisotopic (exact) mass is 552 g/mol. The first-order valence-corrected chi connectivity index (χ1v) is 13.9. The summed E-state index contributed by atoms with van der Waals surface area (Å²) in [6, 6.07) is 12.3. The van der Waals surface area contributed by atoms with Gasteiger partial charge in [0.05, 0.1) is 17.2 Å². The number of carbonyl (C=O) groups is 2. The van der Waals surface area contributed by atoms with Gasteiger partial charge in [0.25, 0.3) is 11.8 Å². The van der Waals surface area contributed by atoms with Gasteiger partial charge in [-0.25, -0.2) is 0 Å². The average molecular weight is 553 g/mol. The molecule has 1 fully saturated rings. The van der Waals surface area contributed by atoms with Gasteiger partial charge < -0.3 is 9.08 Å². The number of imide groups is 1. The molecule has 11 heteroatoms. The smallest absolute Gasteiger partial charge is 0.376 e. The minimum Gasteiger partial charge on any atom is -0.376 e. The Bertz CT molecular complexity index is 1310. The maximum atomic E-state index is 13.1. The van der Waals surface area contributed by atoms with Crippen LogP contribution in [0, 0.1) is 11.8 Å². The number of benzene rings is 2. The van der Waals surface area contributed by atoms with Gasteiger partial charge in [0, 0.05) is 13.1 Å². The molecular formula is C27H31F3N2O5S. The quantitative estimate of drug-likeness (QED) is 0.278. The highest BCUT2D eigenvalue weighted by molar-refractivity contribution is 7.88. The number of fused-ring (bicyclic) bond motifs is 1. The number of hydrogen-bond donors (Lipinski definition) is 0. The van der Waals surface area contributed by atoms with Crippen LogP contribution in [-0.4, -0.2) is 61.2 Å². The third-order valence-electron chi connectivity index (χ3n) is 7.92. The van der Waals surface area contributed by atoms with Crippen LogP contribution in [-0.2, 0) is 15.5 Å². The molecule has 2 aliphatic rings. The molecule has 0 radical (unpaired) electrons. The molecule has 0 bridgehead atoms. The van der Waals surface area contributed by atoms with Crippen molar-refractivity contribution < 1.29 is 35.4 Å². The Hall–Kier alpha value is -2.92. The van der Waals surface area contributed by atoms with E-state index >= 15 is 0 Å². The summed E-state index contributed by atoms with van der Waals surface area (Å²) in [5.41, 5.74) is -4.46. The Balaban J connectivity index is 1.49. The van der Waals surface area contributed by atoms with E-state index in [9.17, 15) is 31.2 Å². The second-order valence-electron chi connectivity index (χ2n) is 10.7. The van der Waals surface area contributed by atoms with E-state index in [1.165, 1.54) is 23.1 Å². The number of halogens is 3. The molecule has 0 unspecified atom stereocenters. The number of carbonyl (C=O) groups excluding carboxylic acids is 2. The van der Waals surface area contributed by atoms with E-state index in [-0.39, 0.29) is 35.4 Å². The zero-order valence-corrected chi connectivity index (χ0v) is 22.5. The lowest BCUT2D eigenvalue weighted by Crippen LogP contribution is -2.54. The summed E-state index contributed by atoms with van der Waals surface area (Å²) in [5, 5.41) is 0. The number of rotatable bonds is 7. The van der Waals surface area contributed by atoms with Crippen LogP contribution in [0.5, 0.6) is 5.75 Å². The van der Waals surface area contributed by atoms with Crippen molar-refractivity contribution in [1.82, 2.24) is 9.80 Å². The summed E-state index contributed by atoms with van der Waals surface area (Å²) in [7, 11) is -5.77. The van der Waals surface area contributed by atoms with Crippen LogP contribution in [0.2, 0.25) is 0 Å². The fourth-order valence-corrected chi connectivity index (χ4v) is 5.80. The third kappa shape index (κ3) is 5.05. The second-order valence-corrected chi connectivity index (χ2v) is 12.2. The van der Waals surface area contributed by atoms with E-state index in [1.54, 1.807) is 30.3 Å². The van der Waals surface area contributed by atoms with Gasteiger partial charge in [-0.2, -0.15) is 21.6 Å².